The second-order valence-electron chi connectivity index (χ2n) is 7.28. The van der Waals surface area contributed by atoms with Crippen molar-refractivity contribution >= 4 is 37.5 Å². The molecule has 0 spiro atoms. The van der Waals surface area contributed by atoms with E-state index in [2.05, 4.69) is 26.0 Å². The Labute approximate surface area is 185 Å². The Kier molecular flexibility index (Phi) is 7.51. The molecule has 0 aromatic heterocycles. The van der Waals surface area contributed by atoms with Gasteiger partial charge in [-0.1, -0.05) is 0 Å². The fourth-order valence-corrected chi connectivity index (χ4v) is 4.54. The predicted octanol–water partition coefficient (Wildman–Crippen LogP) is 3.95. The average Bonchev–Trinajstić information content (AvgIpc) is 3.22. The molecule has 0 saturated carbocycles. The molecule has 1 aliphatic rings. The first-order chi connectivity index (χ1) is 14.2. The maximum atomic E-state index is 12.5. The average molecular weight is 497 g/mol. The molecule has 2 N–H and O–H groups in total. The van der Waals surface area contributed by atoms with E-state index in [1.54, 1.807) is 30.3 Å². The molecule has 1 saturated heterocycles. The molecular formula is C21H25BrN2O5S. The Balaban J connectivity index is 1.62. The van der Waals surface area contributed by atoms with Crippen LogP contribution in [0.25, 0.3) is 0 Å². The number of amides is 1. The lowest BCUT2D eigenvalue weighted by atomic mass is 10.2. The highest BCUT2D eigenvalue weighted by Gasteiger charge is 2.20. The third-order valence-corrected chi connectivity index (χ3v) is 6.56. The van der Waals surface area contributed by atoms with Crippen molar-refractivity contribution < 1.29 is 22.7 Å². The van der Waals surface area contributed by atoms with Crippen LogP contribution in [0, 0.1) is 0 Å². The number of carbonyl (C=O) groups excluding carboxylic acids is 1. The third kappa shape index (κ3) is 6.04. The van der Waals surface area contributed by atoms with Crippen LogP contribution in [0.15, 0.2) is 51.8 Å². The number of hydrogen-bond acceptors (Lipinski definition) is 5. The Morgan fingerprint density at radius 3 is 2.57 bits per heavy atom. The maximum absolute atomic E-state index is 12.5. The van der Waals surface area contributed by atoms with Gasteiger partial charge in [-0.25, -0.2) is 13.1 Å². The molecule has 30 heavy (non-hydrogen) atoms. The van der Waals surface area contributed by atoms with Crippen molar-refractivity contribution in [3.05, 3.63) is 52.5 Å². The van der Waals surface area contributed by atoms with Crippen LogP contribution in [-0.4, -0.2) is 39.7 Å². The van der Waals surface area contributed by atoms with Crippen molar-refractivity contribution in [2.75, 3.05) is 18.5 Å². The van der Waals surface area contributed by atoms with Crippen LogP contribution in [-0.2, 0) is 14.8 Å². The van der Waals surface area contributed by atoms with Crippen molar-refractivity contribution in [1.82, 2.24) is 4.72 Å². The van der Waals surface area contributed by atoms with E-state index < -0.39 is 10.0 Å². The van der Waals surface area contributed by atoms with Crippen LogP contribution < -0.4 is 14.8 Å². The lowest BCUT2D eigenvalue weighted by Crippen LogP contribution is -2.31. The molecule has 2 aromatic carbocycles. The maximum Gasteiger partial charge on any atom is 0.255 e. The summed E-state index contributed by atoms with van der Waals surface area (Å²) in [5.41, 5.74) is 0.949. The molecule has 1 amide bonds. The van der Waals surface area contributed by atoms with Crippen molar-refractivity contribution in [3.63, 3.8) is 0 Å². The minimum Gasteiger partial charge on any atom is -0.490 e. The molecule has 1 fully saturated rings. The zero-order chi connectivity index (χ0) is 21.7. The lowest BCUT2D eigenvalue weighted by Gasteiger charge is -2.13. The molecule has 1 atom stereocenters. The third-order valence-electron chi connectivity index (χ3n) is 4.50. The summed E-state index contributed by atoms with van der Waals surface area (Å²) in [5.74, 6) is 0.352. The number of ether oxygens (including phenoxy) is 2. The van der Waals surface area contributed by atoms with Gasteiger partial charge < -0.3 is 14.8 Å². The lowest BCUT2D eigenvalue weighted by molar-refractivity contribution is 0.102. The van der Waals surface area contributed by atoms with Gasteiger partial charge in [-0.15, -0.1) is 0 Å². The van der Waals surface area contributed by atoms with Gasteiger partial charge in [0.25, 0.3) is 5.91 Å². The fraction of sp³-hybridized carbons (Fsp3) is 0.381. The topological polar surface area (TPSA) is 93.7 Å². The molecule has 3 rings (SSSR count). The van der Waals surface area contributed by atoms with Crippen LogP contribution in [0.2, 0.25) is 0 Å². The highest BCUT2D eigenvalue weighted by atomic mass is 79.9. The smallest absolute Gasteiger partial charge is 0.255 e. The van der Waals surface area contributed by atoms with Crippen molar-refractivity contribution in [1.29, 1.82) is 0 Å². The van der Waals surface area contributed by atoms with Gasteiger partial charge in [-0.2, -0.15) is 0 Å². The number of halogens is 1. The van der Waals surface area contributed by atoms with Crippen LogP contribution in [0.4, 0.5) is 5.69 Å². The molecule has 1 aliphatic heterocycles. The summed E-state index contributed by atoms with van der Waals surface area (Å²) in [6, 6.07) is 11.1. The number of nitrogens with one attached hydrogen (secondary N) is 2. The second kappa shape index (κ2) is 9.91. The van der Waals surface area contributed by atoms with Gasteiger partial charge in [0.05, 0.1) is 21.6 Å². The molecule has 7 nitrogen and oxygen atoms in total. The minimum absolute atomic E-state index is 0.0240. The summed E-state index contributed by atoms with van der Waals surface area (Å²) in [6.45, 7) is 4.78. The summed E-state index contributed by atoms with van der Waals surface area (Å²) in [6.07, 6.45) is 1.75. The zero-order valence-corrected chi connectivity index (χ0v) is 19.3. The molecule has 9 heteroatoms. The van der Waals surface area contributed by atoms with Crippen molar-refractivity contribution in [2.45, 2.75) is 43.8 Å². The number of rotatable bonds is 8. The standard InChI is InChI=1S/C21H25BrN2O5S/c1-14(2)29-20-10-5-15(12-19(20)22)21(25)24-16-6-8-18(9-7-16)30(26,27)23-13-17-4-3-11-28-17/h5-10,12,14,17,23H,3-4,11,13H2,1-2H3,(H,24,25). The Hall–Kier alpha value is -1.94. The predicted molar refractivity (Wildman–Crippen MR) is 118 cm³/mol. The van der Waals surface area contributed by atoms with E-state index in [4.69, 9.17) is 9.47 Å². The first kappa shape index (κ1) is 22.7. The molecule has 0 radical (unpaired) electrons. The van der Waals surface area contributed by atoms with Gasteiger partial charge in [0.2, 0.25) is 10.0 Å². The molecule has 2 aromatic rings. The fourth-order valence-electron chi connectivity index (χ4n) is 3.00. The molecule has 1 heterocycles. The van der Waals surface area contributed by atoms with Gasteiger partial charge in [0, 0.05) is 24.4 Å². The summed E-state index contributed by atoms with van der Waals surface area (Å²) < 4.78 is 39.2. The van der Waals surface area contributed by atoms with E-state index in [0.29, 0.717) is 28.1 Å². The van der Waals surface area contributed by atoms with Crippen LogP contribution in [0.3, 0.4) is 0 Å². The molecule has 0 bridgehead atoms. The monoisotopic (exact) mass is 496 g/mol. The molecular weight excluding hydrogens is 472 g/mol. The SMILES string of the molecule is CC(C)Oc1ccc(C(=O)Nc2ccc(S(=O)(=O)NCC3CCCO3)cc2)cc1Br. The number of sulfonamides is 1. The van der Waals surface area contributed by atoms with E-state index >= 15 is 0 Å². The van der Waals surface area contributed by atoms with Gasteiger partial charge in [-0.3, -0.25) is 4.79 Å². The van der Waals surface area contributed by atoms with E-state index in [-0.39, 0.29) is 29.6 Å². The first-order valence-electron chi connectivity index (χ1n) is 9.73. The second-order valence-corrected chi connectivity index (χ2v) is 9.90. The normalized spacial score (nSPS) is 16.6. The summed E-state index contributed by atoms with van der Waals surface area (Å²) in [7, 11) is -3.63. The van der Waals surface area contributed by atoms with E-state index in [1.165, 1.54) is 12.1 Å². The molecule has 162 valence electrons. The van der Waals surface area contributed by atoms with Crippen LogP contribution in [0.5, 0.6) is 5.75 Å². The number of hydrogen-bond donors (Lipinski definition) is 2. The highest BCUT2D eigenvalue weighted by molar-refractivity contribution is 9.10. The zero-order valence-electron chi connectivity index (χ0n) is 16.9. The van der Waals surface area contributed by atoms with Gasteiger partial charge in [-0.05, 0) is 85.1 Å². The minimum atomic E-state index is -3.63. The Morgan fingerprint density at radius 2 is 1.97 bits per heavy atom. The number of benzene rings is 2. The van der Waals surface area contributed by atoms with E-state index in [9.17, 15) is 13.2 Å². The summed E-state index contributed by atoms with van der Waals surface area (Å²) in [4.78, 5) is 12.6. The number of carbonyl (C=O) groups is 1. The number of anilines is 1. The van der Waals surface area contributed by atoms with Crippen LogP contribution in [0.1, 0.15) is 37.0 Å². The van der Waals surface area contributed by atoms with Gasteiger partial charge in [0.15, 0.2) is 0 Å². The molecule has 1 unspecified atom stereocenters. The Bertz CT molecular complexity index is 987. The summed E-state index contributed by atoms with van der Waals surface area (Å²) >= 11 is 3.41. The summed E-state index contributed by atoms with van der Waals surface area (Å²) in [5, 5.41) is 2.77. The van der Waals surface area contributed by atoms with E-state index in [0.717, 1.165) is 12.8 Å². The Morgan fingerprint density at radius 1 is 1.23 bits per heavy atom. The van der Waals surface area contributed by atoms with Gasteiger partial charge in [0.1, 0.15) is 5.75 Å². The first-order valence-corrected chi connectivity index (χ1v) is 12.0. The molecule has 0 aliphatic carbocycles. The van der Waals surface area contributed by atoms with Crippen molar-refractivity contribution in [2.24, 2.45) is 0 Å². The van der Waals surface area contributed by atoms with Gasteiger partial charge >= 0.3 is 0 Å². The highest BCUT2D eigenvalue weighted by Crippen LogP contribution is 2.27. The van der Waals surface area contributed by atoms with E-state index in [1.807, 2.05) is 13.8 Å². The van der Waals surface area contributed by atoms with Crippen LogP contribution >= 0.6 is 15.9 Å². The largest absolute Gasteiger partial charge is 0.490 e. The quantitative estimate of drug-likeness (QED) is 0.576. The van der Waals surface area contributed by atoms with Crippen molar-refractivity contribution in [3.8, 4) is 5.75 Å².